The Balaban J connectivity index is 1.43. The summed E-state index contributed by atoms with van der Waals surface area (Å²) in [6.45, 7) is 1.32. The lowest BCUT2D eigenvalue weighted by molar-refractivity contribution is 0.0392. The molecule has 1 N–H and O–H groups in total. The van der Waals surface area contributed by atoms with Crippen LogP contribution in [0.5, 0.6) is 0 Å². The highest BCUT2D eigenvalue weighted by Gasteiger charge is 2.36. The summed E-state index contributed by atoms with van der Waals surface area (Å²) in [7, 11) is 0. The quantitative estimate of drug-likeness (QED) is 0.593. The van der Waals surface area contributed by atoms with Gasteiger partial charge in [0.15, 0.2) is 0 Å². The second-order valence-electron chi connectivity index (χ2n) is 9.13. The minimum Gasteiger partial charge on any atom is -0.348 e. The molecule has 32 heavy (non-hydrogen) atoms. The molecule has 3 aromatic rings. The van der Waals surface area contributed by atoms with Gasteiger partial charge in [0.25, 0.3) is 11.8 Å². The number of fused-ring (bicyclic) bond motifs is 2. The molecule has 0 spiro atoms. The van der Waals surface area contributed by atoms with Gasteiger partial charge in [-0.1, -0.05) is 67.4 Å². The molecule has 2 aliphatic rings. The average Bonchev–Trinajstić information content (AvgIpc) is 2.86. The van der Waals surface area contributed by atoms with Crippen molar-refractivity contribution >= 4 is 22.6 Å². The highest BCUT2D eigenvalue weighted by molar-refractivity contribution is 6.14. The number of carbonyl (C=O) groups excluding carboxylic acids is 2. The summed E-state index contributed by atoms with van der Waals surface area (Å²) in [6.07, 6.45) is 7.20. The molecule has 0 bridgehead atoms. The largest absolute Gasteiger partial charge is 0.348 e. The smallest absolute Gasteiger partial charge is 0.254 e. The van der Waals surface area contributed by atoms with Crippen LogP contribution in [0.4, 0.5) is 0 Å². The molecule has 2 fully saturated rings. The number of likely N-dealkylation sites (tertiary alicyclic amines) is 1. The van der Waals surface area contributed by atoms with E-state index in [0.717, 1.165) is 35.7 Å². The Kier molecular flexibility index (Phi) is 5.93. The molecule has 1 saturated heterocycles. The number of nitrogens with one attached hydrogen (secondary N) is 1. The van der Waals surface area contributed by atoms with E-state index in [-0.39, 0.29) is 11.8 Å². The molecule has 0 aromatic heterocycles. The Morgan fingerprint density at radius 2 is 1.44 bits per heavy atom. The van der Waals surface area contributed by atoms with Crippen LogP contribution in [0.1, 0.15) is 64.8 Å². The third kappa shape index (κ3) is 4.02. The number of carbonyl (C=O) groups is 2. The van der Waals surface area contributed by atoms with Crippen molar-refractivity contribution in [3.05, 3.63) is 83.4 Å². The third-order valence-electron chi connectivity index (χ3n) is 7.20. The molecule has 1 saturated carbocycles. The monoisotopic (exact) mass is 426 g/mol. The molecule has 0 unspecified atom stereocenters. The Morgan fingerprint density at radius 3 is 2.25 bits per heavy atom. The Hall–Kier alpha value is -3.14. The molecular formula is C28H30N2O2. The van der Waals surface area contributed by atoms with E-state index in [4.69, 9.17) is 0 Å². The van der Waals surface area contributed by atoms with Gasteiger partial charge in [0.1, 0.15) is 0 Å². The van der Waals surface area contributed by atoms with Crippen LogP contribution < -0.4 is 5.32 Å². The third-order valence-corrected chi connectivity index (χ3v) is 7.20. The molecule has 3 aromatic carbocycles. The fraction of sp³-hybridized carbons (Fsp3) is 0.357. The van der Waals surface area contributed by atoms with E-state index in [1.165, 1.54) is 25.7 Å². The predicted octanol–water partition coefficient (Wildman–Crippen LogP) is 5.56. The molecular weight excluding hydrogens is 396 g/mol. The van der Waals surface area contributed by atoms with Gasteiger partial charge in [-0.15, -0.1) is 0 Å². The van der Waals surface area contributed by atoms with Crippen LogP contribution in [0.3, 0.4) is 0 Å². The molecule has 2 amide bonds. The van der Waals surface area contributed by atoms with Crippen molar-refractivity contribution in [3.63, 3.8) is 0 Å². The lowest BCUT2D eigenvalue weighted by Gasteiger charge is -2.44. The zero-order valence-corrected chi connectivity index (χ0v) is 18.4. The molecule has 1 aliphatic carbocycles. The minimum absolute atomic E-state index is 0.116. The number of hydrogen-bond donors (Lipinski definition) is 1. The maximum absolute atomic E-state index is 13.7. The summed E-state index contributed by atoms with van der Waals surface area (Å²) in [4.78, 5) is 28.8. The standard InChI is InChI=1S/C28H30N2O2/c31-27(29-19-20-9-2-1-3-10-20)24-16-17-25(23-14-6-5-13-22(23)24)28(32)30-18-8-12-21-11-4-7-15-26(21)30/h1-3,5-6,9-10,13-14,16-17,21,26H,4,7-8,11-12,15,18-19H2,(H,29,31)/t21-,26-/m0/s1. The van der Waals surface area contributed by atoms with Crippen molar-refractivity contribution in [3.8, 4) is 0 Å². The van der Waals surface area contributed by atoms with Crippen LogP contribution in [0.25, 0.3) is 10.8 Å². The Bertz CT molecular complexity index is 1120. The number of benzene rings is 3. The highest BCUT2D eigenvalue weighted by Crippen LogP contribution is 2.36. The normalized spacial score (nSPS) is 20.6. The van der Waals surface area contributed by atoms with Crippen molar-refractivity contribution in [2.75, 3.05) is 6.54 Å². The molecule has 5 rings (SSSR count). The summed E-state index contributed by atoms with van der Waals surface area (Å²) < 4.78 is 0. The lowest BCUT2D eigenvalue weighted by Crippen LogP contribution is -2.49. The van der Waals surface area contributed by atoms with E-state index in [0.29, 0.717) is 29.6 Å². The maximum atomic E-state index is 13.7. The number of hydrogen-bond acceptors (Lipinski definition) is 2. The maximum Gasteiger partial charge on any atom is 0.254 e. The molecule has 0 radical (unpaired) electrons. The molecule has 4 nitrogen and oxygen atoms in total. The van der Waals surface area contributed by atoms with Crippen molar-refractivity contribution in [2.24, 2.45) is 5.92 Å². The molecule has 4 heteroatoms. The van der Waals surface area contributed by atoms with Crippen LogP contribution >= 0.6 is 0 Å². The van der Waals surface area contributed by atoms with Gasteiger partial charge >= 0.3 is 0 Å². The highest BCUT2D eigenvalue weighted by atomic mass is 16.2. The summed E-state index contributed by atoms with van der Waals surface area (Å²) >= 11 is 0. The fourth-order valence-electron chi connectivity index (χ4n) is 5.59. The van der Waals surface area contributed by atoms with Gasteiger partial charge in [-0.25, -0.2) is 0 Å². The van der Waals surface area contributed by atoms with Crippen molar-refractivity contribution in [1.82, 2.24) is 10.2 Å². The van der Waals surface area contributed by atoms with Gasteiger partial charge < -0.3 is 10.2 Å². The van der Waals surface area contributed by atoms with Gasteiger partial charge in [0, 0.05) is 30.3 Å². The topological polar surface area (TPSA) is 49.4 Å². The summed E-state index contributed by atoms with van der Waals surface area (Å²) in [5.41, 5.74) is 2.39. The summed E-state index contributed by atoms with van der Waals surface area (Å²) in [6, 6.07) is 21.7. The van der Waals surface area contributed by atoms with E-state index in [1.807, 2.05) is 66.7 Å². The first-order valence-electron chi connectivity index (χ1n) is 11.9. The van der Waals surface area contributed by atoms with E-state index in [2.05, 4.69) is 10.2 Å². The molecule has 2 atom stereocenters. The molecule has 1 aliphatic heterocycles. The van der Waals surface area contributed by atoms with Gasteiger partial charge in [-0.05, 0) is 60.1 Å². The first-order valence-corrected chi connectivity index (χ1v) is 11.9. The van der Waals surface area contributed by atoms with E-state index in [1.54, 1.807) is 0 Å². The van der Waals surface area contributed by atoms with Crippen LogP contribution in [0.2, 0.25) is 0 Å². The van der Waals surface area contributed by atoms with Crippen molar-refractivity contribution in [1.29, 1.82) is 0 Å². The summed E-state index contributed by atoms with van der Waals surface area (Å²) in [5.74, 6) is 0.652. The number of amides is 2. The van der Waals surface area contributed by atoms with E-state index >= 15 is 0 Å². The Labute approximate surface area is 189 Å². The molecule has 164 valence electrons. The second-order valence-corrected chi connectivity index (χ2v) is 9.13. The van der Waals surface area contributed by atoms with Crippen LogP contribution in [-0.4, -0.2) is 29.3 Å². The molecule has 1 heterocycles. The minimum atomic E-state index is -0.116. The zero-order chi connectivity index (χ0) is 21.9. The zero-order valence-electron chi connectivity index (χ0n) is 18.4. The Morgan fingerprint density at radius 1 is 0.781 bits per heavy atom. The predicted molar refractivity (Wildman–Crippen MR) is 128 cm³/mol. The van der Waals surface area contributed by atoms with Gasteiger partial charge in [-0.3, -0.25) is 9.59 Å². The fourth-order valence-corrected chi connectivity index (χ4v) is 5.59. The van der Waals surface area contributed by atoms with E-state index < -0.39 is 0 Å². The average molecular weight is 427 g/mol. The van der Waals surface area contributed by atoms with Crippen LogP contribution in [0, 0.1) is 5.92 Å². The van der Waals surface area contributed by atoms with Crippen LogP contribution in [0.15, 0.2) is 66.7 Å². The first-order chi connectivity index (χ1) is 15.7. The number of nitrogens with zero attached hydrogens (tertiary/aromatic N) is 1. The van der Waals surface area contributed by atoms with Crippen molar-refractivity contribution < 1.29 is 9.59 Å². The SMILES string of the molecule is O=C(NCc1ccccc1)c1ccc(C(=O)N2CCC[C@@H]3CCCC[C@@H]32)c2ccccc12. The van der Waals surface area contributed by atoms with Crippen LogP contribution in [-0.2, 0) is 6.54 Å². The van der Waals surface area contributed by atoms with Crippen molar-refractivity contribution in [2.45, 2.75) is 51.1 Å². The number of piperidine rings is 1. The lowest BCUT2D eigenvalue weighted by atomic mass is 9.78. The summed E-state index contributed by atoms with van der Waals surface area (Å²) in [5, 5.41) is 4.72. The van der Waals surface area contributed by atoms with E-state index in [9.17, 15) is 9.59 Å². The number of rotatable bonds is 4. The second kappa shape index (κ2) is 9.15. The first kappa shape index (κ1) is 20.7. The van der Waals surface area contributed by atoms with Gasteiger partial charge in [0.05, 0.1) is 0 Å². The van der Waals surface area contributed by atoms with Gasteiger partial charge in [-0.2, -0.15) is 0 Å². The van der Waals surface area contributed by atoms with Gasteiger partial charge in [0.2, 0.25) is 0 Å².